The Bertz CT molecular complexity index is 953. The molecule has 1 aliphatic heterocycles. The van der Waals surface area contributed by atoms with Gasteiger partial charge in [0.2, 0.25) is 0 Å². The molecule has 1 fully saturated rings. The molecule has 1 aliphatic carbocycles. The van der Waals surface area contributed by atoms with Gasteiger partial charge in [0.1, 0.15) is 11.6 Å². The van der Waals surface area contributed by atoms with Crippen molar-refractivity contribution in [1.82, 2.24) is 0 Å². The summed E-state index contributed by atoms with van der Waals surface area (Å²) in [6.07, 6.45) is -0.0784. The molecule has 0 amide bonds. The van der Waals surface area contributed by atoms with E-state index >= 15 is 13.2 Å². The van der Waals surface area contributed by atoms with Crippen LogP contribution in [0.5, 0.6) is 0 Å². The number of rotatable bonds is 7. The molecular formula is C26H30F4O2. The van der Waals surface area contributed by atoms with Crippen molar-refractivity contribution in [3.63, 3.8) is 0 Å². The molecule has 1 saturated heterocycles. The number of ether oxygens (including phenoxy) is 2. The Balaban J connectivity index is 1.62. The largest absolute Gasteiger partial charge is 0.348 e. The fourth-order valence-electron chi connectivity index (χ4n) is 4.77. The highest BCUT2D eigenvalue weighted by molar-refractivity contribution is 5.76. The molecule has 0 aromatic heterocycles. The van der Waals surface area contributed by atoms with Crippen molar-refractivity contribution < 1.29 is 27.0 Å². The predicted octanol–water partition coefficient (Wildman–Crippen LogP) is 7.86. The molecule has 0 radical (unpaired) electrons. The Hall–Kier alpha value is -1.92. The van der Waals surface area contributed by atoms with Gasteiger partial charge in [-0.05, 0) is 29.5 Å². The minimum absolute atomic E-state index is 0.0529. The first-order valence-corrected chi connectivity index (χ1v) is 11.6. The molecular weight excluding hydrogens is 420 g/mol. The third-order valence-electron chi connectivity index (χ3n) is 6.52. The Morgan fingerprint density at radius 1 is 0.812 bits per heavy atom. The van der Waals surface area contributed by atoms with Crippen molar-refractivity contribution in [1.29, 1.82) is 0 Å². The van der Waals surface area contributed by atoms with Crippen molar-refractivity contribution in [2.45, 2.75) is 71.0 Å². The second kappa shape index (κ2) is 9.92. The first-order valence-electron chi connectivity index (χ1n) is 11.6. The molecule has 2 aliphatic rings. The molecule has 0 spiro atoms. The molecule has 2 aromatic rings. The lowest BCUT2D eigenvalue weighted by Gasteiger charge is -2.32. The predicted molar refractivity (Wildman–Crippen MR) is 116 cm³/mol. The summed E-state index contributed by atoms with van der Waals surface area (Å²) in [4.78, 5) is 0. The van der Waals surface area contributed by atoms with Gasteiger partial charge in [-0.2, -0.15) is 0 Å². The van der Waals surface area contributed by atoms with Crippen molar-refractivity contribution in [3.05, 3.63) is 58.2 Å². The minimum atomic E-state index is -2.30. The van der Waals surface area contributed by atoms with E-state index < -0.39 is 30.3 Å². The van der Waals surface area contributed by atoms with Gasteiger partial charge in [0, 0.05) is 22.6 Å². The molecule has 32 heavy (non-hydrogen) atoms. The molecule has 0 N–H and O–H groups in total. The van der Waals surface area contributed by atoms with Crippen LogP contribution < -0.4 is 0 Å². The van der Waals surface area contributed by atoms with Gasteiger partial charge in [-0.15, -0.1) is 0 Å². The lowest BCUT2D eigenvalue weighted by molar-refractivity contribution is -0.207. The fourth-order valence-corrected chi connectivity index (χ4v) is 4.77. The molecule has 2 atom stereocenters. The average molecular weight is 451 g/mol. The first-order chi connectivity index (χ1) is 15.5. The monoisotopic (exact) mass is 450 g/mol. The first kappa shape index (κ1) is 23.2. The van der Waals surface area contributed by atoms with Crippen LogP contribution >= 0.6 is 0 Å². The SMILES string of the molecule is CCCCCC1COC(c2ccc3c(c2F)C(F)C(F)c2c-3ccc(CCC)c2F)OC1. The summed E-state index contributed by atoms with van der Waals surface area (Å²) in [5.41, 5.74) is 0.0744. The van der Waals surface area contributed by atoms with Gasteiger partial charge in [-0.1, -0.05) is 63.8 Å². The van der Waals surface area contributed by atoms with Crippen LogP contribution in [-0.4, -0.2) is 13.2 Å². The number of halogens is 4. The maximum atomic E-state index is 15.4. The normalized spacial score (nSPS) is 24.8. The molecule has 4 rings (SSSR count). The van der Waals surface area contributed by atoms with Gasteiger partial charge >= 0.3 is 0 Å². The van der Waals surface area contributed by atoms with Crippen LogP contribution in [0.15, 0.2) is 24.3 Å². The van der Waals surface area contributed by atoms with E-state index in [2.05, 4.69) is 6.92 Å². The summed E-state index contributed by atoms with van der Waals surface area (Å²) in [7, 11) is 0. The van der Waals surface area contributed by atoms with E-state index in [0.717, 1.165) is 25.7 Å². The number of hydrogen-bond donors (Lipinski definition) is 0. The van der Waals surface area contributed by atoms with Crippen LogP contribution in [0.3, 0.4) is 0 Å². The van der Waals surface area contributed by atoms with E-state index in [0.29, 0.717) is 31.6 Å². The van der Waals surface area contributed by atoms with E-state index in [-0.39, 0.29) is 33.7 Å². The summed E-state index contributed by atoms with van der Waals surface area (Å²) in [5.74, 6) is -1.37. The quantitative estimate of drug-likeness (QED) is 0.316. The Morgan fingerprint density at radius 3 is 2.06 bits per heavy atom. The maximum absolute atomic E-state index is 15.4. The summed E-state index contributed by atoms with van der Waals surface area (Å²) >= 11 is 0. The Labute approximate surface area is 186 Å². The number of benzene rings is 2. The maximum Gasteiger partial charge on any atom is 0.186 e. The van der Waals surface area contributed by atoms with E-state index in [1.54, 1.807) is 12.1 Å². The minimum Gasteiger partial charge on any atom is -0.348 e. The van der Waals surface area contributed by atoms with E-state index in [9.17, 15) is 4.39 Å². The third-order valence-corrected chi connectivity index (χ3v) is 6.52. The standard InChI is InChI=1S/C26H30F4O2/c1-3-5-6-8-15-13-31-26(32-14-15)19-12-11-18-17-10-9-16(7-4-2)22(27)20(17)24(29)25(30)21(18)23(19)28/h9-12,15,24-26H,3-8,13-14H2,1-2H3. The van der Waals surface area contributed by atoms with Crippen molar-refractivity contribution in [2.24, 2.45) is 5.92 Å². The average Bonchev–Trinajstić information content (AvgIpc) is 2.79. The van der Waals surface area contributed by atoms with Gasteiger partial charge in [0.25, 0.3) is 0 Å². The van der Waals surface area contributed by atoms with Gasteiger partial charge in [0.05, 0.1) is 13.2 Å². The highest BCUT2D eigenvalue weighted by atomic mass is 19.2. The molecule has 2 aromatic carbocycles. The van der Waals surface area contributed by atoms with Crippen molar-refractivity contribution in [2.75, 3.05) is 13.2 Å². The second-order valence-corrected chi connectivity index (χ2v) is 8.84. The Morgan fingerprint density at radius 2 is 1.44 bits per heavy atom. The number of unbranched alkanes of at least 4 members (excludes halogenated alkanes) is 2. The van der Waals surface area contributed by atoms with Gasteiger partial charge in [0.15, 0.2) is 18.6 Å². The summed E-state index contributed by atoms with van der Waals surface area (Å²) in [5, 5.41) is 0. The smallest absolute Gasteiger partial charge is 0.186 e. The second-order valence-electron chi connectivity index (χ2n) is 8.84. The third kappa shape index (κ3) is 4.19. The van der Waals surface area contributed by atoms with Gasteiger partial charge in [-0.3, -0.25) is 0 Å². The Kier molecular flexibility index (Phi) is 7.21. The van der Waals surface area contributed by atoms with Crippen LogP contribution in [0.1, 0.15) is 86.8 Å². The molecule has 0 saturated carbocycles. The van der Waals surface area contributed by atoms with Crippen LogP contribution in [0.25, 0.3) is 11.1 Å². The van der Waals surface area contributed by atoms with Crippen molar-refractivity contribution >= 4 is 0 Å². The summed E-state index contributed by atoms with van der Waals surface area (Å²) < 4.78 is 72.0. The molecule has 1 heterocycles. The van der Waals surface area contributed by atoms with Crippen molar-refractivity contribution in [3.8, 4) is 11.1 Å². The lowest BCUT2D eigenvalue weighted by Crippen LogP contribution is -2.28. The van der Waals surface area contributed by atoms with Crippen LogP contribution in [-0.2, 0) is 15.9 Å². The summed E-state index contributed by atoms with van der Waals surface area (Å²) in [6.45, 7) is 4.90. The van der Waals surface area contributed by atoms with E-state index in [4.69, 9.17) is 9.47 Å². The zero-order chi connectivity index (χ0) is 22.8. The summed E-state index contributed by atoms with van der Waals surface area (Å²) in [6, 6.07) is 6.13. The highest BCUT2D eigenvalue weighted by Gasteiger charge is 2.40. The molecule has 174 valence electrons. The topological polar surface area (TPSA) is 18.5 Å². The van der Waals surface area contributed by atoms with Crippen LogP contribution in [0.4, 0.5) is 17.6 Å². The molecule has 2 unspecified atom stereocenters. The number of hydrogen-bond acceptors (Lipinski definition) is 2. The van der Waals surface area contributed by atoms with E-state index in [1.807, 2.05) is 6.92 Å². The number of aryl methyl sites for hydroxylation is 1. The van der Waals surface area contributed by atoms with Gasteiger partial charge in [-0.25, -0.2) is 17.6 Å². The fraction of sp³-hybridized carbons (Fsp3) is 0.538. The number of fused-ring (bicyclic) bond motifs is 3. The zero-order valence-corrected chi connectivity index (χ0v) is 18.6. The van der Waals surface area contributed by atoms with E-state index in [1.165, 1.54) is 12.1 Å². The highest BCUT2D eigenvalue weighted by Crippen LogP contribution is 2.51. The molecule has 0 bridgehead atoms. The van der Waals surface area contributed by atoms with Gasteiger partial charge < -0.3 is 9.47 Å². The molecule has 2 nitrogen and oxygen atoms in total. The number of alkyl halides is 2. The zero-order valence-electron chi connectivity index (χ0n) is 18.6. The van der Waals surface area contributed by atoms with Crippen LogP contribution in [0, 0.1) is 17.6 Å². The molecule has 6 heteroatoms. The van der Waals surface area contributed by atoms with Crippen LogP contribution in [0.2, 0.25) is 0 Å². The lowest BCUT2D eigenvalue weighted by atomic mass is 9.80.